The largest absolute Gasteiger partial charge is 0.497 e. The Morgan fingerprint density at radius 3 is 2.41 bits per heavy atom. The molecule has 0 aliphatic rings. The minimum Gasteiger partial charge on any atom is -0.497 e. The first kappa shape index (κ1) is 20.2. The van der Waals surface area contributed by atoms with Gasteiger partial charge in [-0.3, -0.25) is 9.59 Å². The van der Waals surface area contributed by atoms with E-state index in [1.54, 1.807) is 32.4 Å². The van der Waals surface area contributed by atoms with Gasteiger partial charge in [0.2, 0.25) is 5.91 Å². The number of nitrogens with one attached hydrogen (secondary N) is 1. The maximum atomic E-state index is 13.1. The molecule has 144 valence electrons. The van der Waals surface area contributed by atoms with Crippen LogP contribution in [0.5, 0.6) is 11.5 Å². The third kappa shape index (κ3) is 5.99. The Bertz CT molecular complexity index is 791. The van der Waals surface area contributed by atoms with Gasteiger partial charge >= 0.3 is 5.97 Å². The summed E-state index contributed by atoms with van der Waals surface area (Å²) in [6.45, 7) is 0. The van der Waals surface area contributed by atoms with Crippen molar-refractivity contribution in [1.29, 1.82) is 0 Å². The van der Waals surface area contributed by atoms with Gasteiger partial charge in [-0.05, 0) is 47.9 Å². The fourth-order valence-electron chi connectivity index (χ4n) is 2.71. The second-order valence-corrected chi connectivity index (χ2v) is 5.95. The van der Waals surface area contributed by atoms with Crippen molar-refractivity contribution >= 4 is 11.9 Å². The van der Waals surface area contributed by atoms with Gasteiger partial charge in [0, 0.05) is 6.42 Å². The predicted octanol–water partition coefficient (Wildman–Crippen LogP) is 3.11. The standard InChI is InChI=1S/C20H22FNO5/c1-26-16-8-9-18(27-2)14(11-16)5-10-19(23)22-17(12-20(24)25)13-3-6-15(21)7-4-13/h3-4,6-9,11,17H,5,10,12H2,1-2H3,(H,22,23)(H,24,25). The van der Waals surface area contributed by atoms with Crippen molar-refractivity contribution in [1.82, 2.24) is 5.32 Å². The van der Waals surface area contributed by atoms with Crippen LogP contribution in [0.2, 0.25) is 0 Å². The highest BCUT2D eigenvalue weighted by atomic mass is 19.1. The number of hydrogen-bond acceptors (Lipinski definition) is 4. The van der Waals surface area contributed by atoms with E-state index in [-0.39, 0.29) is 18.7 Å². The zero-order valence-electron chi connectivity index (χ0n) is 15.2. The Morgan fingerprint density at radius 2 is 1.81 bits per heavy atom. The maximum Gasteiger partial charge on any atom is 0.305 e. The van der Waals surface area contributed by atoms with Crippen molar-refractivity contribution in [2.24, 2.45) is 0 Å². The summed E-state index contributed by atoms with van der Waals surface area (Å²) in [5, 5.41) is 11.8. The summed E-state index contributed by atoms with van der Waals surface area (Å²) in [6.07, 6.45) is 0.246. The Kier molecular flexibility index (Phi) is 7.16. The summed E-state index contributed by atoms with van der Waals surface area (Å²) in [6, 6.07) is 9.98. The molecule has 0 aromatic heterocycles. The average molecular weight is 375 g/mol. The predicted molar refractivity (Wildman–Crippen MR) is 97.4 cm³/mol. The molecule has 1 amide bonds. The number of hydrogen-bond donors (Lipinski definition) is 2. The molecule has 2 aromatic rings. The van der Waals surface area contributed by atoms with Crippen LogP contribution in [0.25, 0.3) is 0 Å². The topological polar surface area (TPSA) is 84.9 Å². The van der Waals surface area contributed by atoms with Gasteiger partial charge in [0.05, 0.1) is 26.7 Å². The van der Waals surface area contributed by atoms with Gasteiger partial charge < -0.3 is 19.9 Å². The van der Waals surface area contributed by atoms with Crippen LogP contribution >= 0.6 is 0 Å². The number of carboxylic acids is 1. The molecule has 0 radical (unpaired) electrons. The van der Waals surface area contributed by atoms with E-state index in [4.69, 9.17) is 14.6 Å². The normalized spacial score (nSPS) is 11.5. The lowest BCUT2D eigenvalue weighted by atomic mass is 10.0. The van der Waals surface area contributed by atoms with E-state index >= 15 is 0 Å². The molecule has 0 aliphatic carbocycles. The average Bonchev–Trinajstić information content (AvgIpc) is 2.65. The zero-order chi connectivity index (χ0) is 19.8. The van der Waals surface area contributed by atoms with Crippen molar-refractivity contribution in [3.63, 3.8) is 0 Å². The monoisotopic (exact) mass is 375 g/mol. The molecule has 2 rings (SSSR count). The first-order valence-electron chi connectivity index (χ1n) is 8.40. The molecule has 0 saturated heterocycles. The van der Waals surface area contributed by atoms with Crippen LogP contribution in [0.3, 0.4) is 0 Å². The Balaban J connectivity index is 2.05. The fourth-order valence-corrected chi connectivity index (χ4v) is 2.71. The minimum absolute atomic E-state index is 0.140. The number of amides is 1. The molecule has 1 unspecified atom stereocenters. The summed E-state index contributed by atoms with van der Waals surface area (Å²) in [5.74, 6) is -0.496. The quantitative estimate of drug-likeness (QED) is 0.703. The molecule has 2 aromatic carbocycles. The number of carbonyl (C=O) groups excluding carboxylic acids is 1. The first-order chi connectivity index (χ1) is 12.9. The van der Waals surface area contributed by atoms with Gasteiger partial charge in [-0.15, -0.1) is 0 Å². The van der Waals surface area contributed by atoms with E-state index in [2.05, 4.69) is 5.32 Å². The summed E-state index contributed by atoms with van der Waals surface area (Å²) in [5.41, 5.74) is 1.34. The maximum absolute atomic E-state index is 13.1. The molecule has 6 nitrogen and oxygen atoms in total. The number of aliphatic carboxylic acids is 1. The highest BCUT2D eigenvalue weighted by Crippen LogP contribution is 2.25. The molecule has 0 spiro atoms. The fraction of sp³-hybridized carbons (Fsp3) is 0.300. The number of ether oxygens (including phenoxy) is 2. The third-order valence-electron chi connectivity index (χ3n) is 4.10. The molecular weight excluding hydrogens is 353 g/mol. The van der Waals surface area contributed by atoms with Crippen LogP contribution in [0.1, 0.15) is 30.0 Å². The number of halogens is 1. The summed E-state index contributed by atoms with van der Waals surface area (Å²) < 4.78 is 23.6. The number of carboxylic acid groups (broad SMARTS) is 1. The van der Waals surface area contributed by atoms with Gasteiger partial charge in [0.1, 0.15) is 17.3 Å². The van der Waals surface area contributed by atoms with E-state index in [1.807, 2.05) is 0 Å². The smallest absolute Gasteiger partial charge is 0.305 e. The molecule has 2 N–H and O–H groups in total. The van der Waals surface area contributed by atoms with Crippen LogP contribution in [0, 0.1) is 5.82 Å². The van der Waals surface area contributed by atoms with E-state index in [1.165, 1.54) is 24.3 Å². The van der Waals surface area contributed by atoms with E-state index in [0.717, 1.165) is 5.56 Å². The molecule has 1 atom stereocenters. The highest BCUT2D eigenvalue weighted by Gasteiger charge is 2.18. The van der Waals surface area contributed by atoms with Crippen LogP contribution in [-0.4, -0.2) is 31.2 Å². The lowest BCUT2D eigenvalue weighted by Gasteiger charge is -2.18. The van der Waals surface area contributed by atoms with Crippen molar-refractivity contribution < 1.29 is 28.6 Å². The van der Waals surface area contributed by atoms with Gasteiger partial charge in [0.25, 0.3) is 0 Å². The lowest BCUT2D eigenvalue weighted by molar-refractivity contribution is -0.137. The second-order valence-electron chi connectivity index (χ2n) is 5.95. The molecule has 0 heterocycles. The highest BCUT2D eigenvalue weighted by molar-refractivity contribution is 5.78. The van der Waals surface area contributed by atoms with Gasteiger partial charge in [0.15, 0.2) is 0 Å². The Morgan fingerprint density at radius 1 is 1.11 bits per heavy atom. The molecule has 0 fully saturated rings. The number of methoxy groups -OCH3 is 2. The van der Waals surface area contributed by atoms with Crippen molar-refractivity contribution in [3.05, 3.63) is 59.4 Å². The molecular formula is C20H22FNO5. The lowest BCUT2D eigenvalue weighted by Crippen LogP contribution is -2.30. The summed E-state index contributed by atoms with van der Waals surface area (Å²) in [7, 11) is 3.10. The van der Waals surface area contributed by atoms with Crippen LogP contribution < -0.4 is 14.8 Å². The van der Waals surface area contributed by atoms with Gasteiger partial charge in [-0.25, -0.2) is 4.39 Å². The Hall–Kier alpha value is -3.09. The Labute approximate surface area is 156 Å². The van der Waals surface area contributed by atoms with Crippen molar-refractivity contribution in [2.75, 3.05) is 14.2 Å². The van der Waals surface area contributed by atoms with Crippen LogP contribution in [0.4, 0.5) is 4.39 Å². The molecule has 0 bridgehead atoms. The zero-order valence-corrected chi connectivity index (χ0v) is 15.2. The number of aryl methyl sites for hydroxylation is 1. The van der Waals surface area contributed by atoms with E-state index in [0.29, 0.717) is 23.5 Å². The molecule has 0 saturated carbocycles. The van der Waals surface area contributed by atoms with E-state index < -0.39 is 17.8 Å². The SMILES string of the molecule is COc1ccc(OC)c(CCC(=O)NC(CC(=O)O)c2ccc(F)cc2)c1. The third-order valence-corrected chi connectivity index (χ3v) is 4.10. The number of benzene rings is 2. The van der Waals surface area contributed by atoms with Crippen LogP contribution in [0.15, 0.2) is 42.5 Å². The van der Waals surface area contributed by atoms with Crippen LogP contribution in [-0.2, 0) is 16.0 Å². The van der Waals surface area contributed by atoms with Crippen molar-refractivity contribution in [3.8, 4) is 11.5 Å². The summed E-state index contributed by atoms with van der Waals surface area (Å²) in [4.78, 5) is 23.5. The molecule has 7 heteroatoms. The van der Waals surface area contributed by atoms with Gasteiger partial charge in [-0.2, -0.15) is 0 Å². The molecule has 27 heavy (non-hydrogen) atoms. The number of carbonyl (C=O) groups is 2. The minimum atomic E-state index is -1.06. The number of rotatable bonds is 9. The molecule has 0 aliphatic heterocycles. The second kappa shape index (κ2) is 9.56. The first-order valence-corrected chi connectivity index (χ1v) is 8.40. The van der Waals surface area contributed by atoms with Crippen molar-refractivity contribution in [2.45, 2.75) is 25.3 Å². The summed E-state index contributed by atoms with van der Waals surface area (Å²) >= 11 is 0. The van der Waals surface area contributed by atoms with Gasteiger partial charge in [-0.1, -0.05) is 12.1 Å². The van der Waals surface area contributed by atoms with E-state index in [9.17, 15) is 14.0 Å².